The Balaban J connectivity index is 3.48. The van der Waals surface area contributed by atoms with Crippen molar-refractivity contribution >= 4 is 11.9 Å². The lowest BCUT2D eigenvalue weighted by Gasteiger charge is -2.15. The maximum atomic E-state index is 12.2. The van der Waals surface area contributed by atoms with Crippen LogP contribution in [0, 0.1) is 0 Å². The van der Waals surface area contributed by atoms with Crippen LogP contribution in [0.25, 0.3) is 0 Å². The van der Waals surface area contributed by atoms with Gasteiger partial charge in [0.25, 0.3) is 0 Å². The summed E-state index contributed by atoms with van der Waals surface area (Å²) in [7, 11) is 0. The fourth-order valence-electron chi connectivity index (χ4n) is 6.14. The Morgan fingerprint density at radius 3 is 1.15 bits per heavy atom. The zero-order valence-electron chi connectivity index (χ0n) is 31.6. The molecule has 0 unspecified atom stereocenters. The minimum atomic E-state index is -0.764. The van der Waals surface area contributed by atoms with E-state index in [4.69, 9.17) is 9.47 Å². The average molecular weight is 665 g/mol. The van der Waals surface area contributed by atoms with E-state index in [2.05, 4.69) is 26.0 Å². The van der Waals surface area contributed by atoms with Crippen molar-refractivity contribution < 1.29 is 24.2 Å². The number of allylic oxidation sites excluding steroid dienone is 2. The normalized spacial score (nSPS) is 12.1. The van der Waals surface area contributed by atoms with Gasteiger partial charge in [0, 0.05) is 12.8 Å². The molecule has 278 valence electrons. The van der Waals surface area contributed by atoms with Crippen molar-refractivity contribution in [2.45, 2.75) is 232 Å². The summed E-state index contributed by atoms with van der Waals surface area (Å²) in [5.74, 6) is -0.581. The summed E-state index contributed by atoms with van der Waals surface area (Å²) in [5, 5.41) is 9.55. The number of ether oxygens (including phenoxy) is 2. The molecule has 0 radical (unpaired) electrons. The van der Waals surface area contributed by atoms with Gasteiger partial charge in [-0.1, -0.05) is 187 Å². The Kier molecular flexibility index (Phi) is 38.0. The third kappa shape index (κ3) is 37.3. The van der Waals surface area contributed by atoms with Crippen molar-refractivity contribution in [1.29, 1.82) is 0 Å². The SMILES string of the molecule is CCCCCCCC/C=C\CCCCCCCCCCCCCC(=O)O[C@@H](CO)COC(=O)CCCCCCCCCCCCCC. The van der Waals surface area contributed by atoms with Gasteiger partial charge in [0.1, 0.15) is 6.61 Å². The van der Waals surface area contributed by atoms with Crippen LogP contribution in [0.5, 0.6) is 0 Å². The smallest absolute Gasteiger partial charge is 0.306 e. The molecule has 0 aliphatic carbocycles. The molecule has 0 saturated carbocycles. The Labute approximate surface area is 292 Å². The fraction of sp³-hybridized carbons (Fsp3) is 0.905. The number of carbonyl (C=O) groups is 2. The summed E-state index contributed by atoms with van der Waals surface area (Å²) in [6.07, 6.45) is 44.2. The predicted molar refractivity (Wildman–Crippen MR) is 201 cm³/mol. The van der Waals surface area contributed by atoms with Crippen LogP contribution in [-0.4, -0.2) is 36.4 Å². The summed E-state index contributed by atoms with van der Waals surface area (Å²) < 4.78 is 10.6. The third-order valence-corrected chi connectivity index (χ3v) is 9.31. The first-order chi connectivity index (χ1) is 23.1. The van der Waals surface area contributed by atoms with E-state index in [0.29, 0.717) is 12.8 Å². The van der Waals surface area contributed by atoms with Gasteiger partial charge in [-0.15, -0.1) is 0 Å². The number of esters is 2. The first kappa shape index (κ1) is 45.6. The molecule has 0 aromatic carbocycles. The summed E-state index contributed by atoms with van der Waals surface area (Å²) in [4.78, 5) is 24.2. The lowest BCUT2D eigenvalue weighted by atomic mass is 10.0. The summed E-state index contributed by atoms with van der Waals surface area (Å²) in [6, 6.07) is 0. The molecule has 1 atom stereocenters. The van der Waals surface area contributed by atoms with E-state index in [1.54, 1.807) is 0 Å². The van der Waals surface area contributed by atoms with Crippen LogP contribution in [0.4, 0.5) is 0 Å². The van der Waals surface area contributed by atoms with Crippen molar-refractivity contribution in [3.8, 4) is 0 Å². The molecule has 0 aliphatic heterocycles. The highest BCUT2D eigenvalue weighted by Crippen LogP contribution is 2.15. The first-order valence-electron chi connectivity index (χ1n) is 20.7. The highest BCUT2D eigenvalue weighted by molar-refractivity contribution is 5.70. The van der Waals surface area contributed by atoms with Gasteiger partial charge < -0.3 is 14.6 Å². The predicted octanol–water partition coefficient (Wildman–Crippen LogP) is 12.9. The monoisotopic (exact) mass is 665 g/mol. The van der Waals surface area contributed by atoms with Crippen molar-refractivity contribution in [3.63, 3.8) is 0 Å². The highest BCUT2D eigenvalue weighted by atomic mass is 16.6. The summed E-state index contributed by atoms with van der Waals surface area (Å²) in [6.45, 7) is 4.15. The van der Waals surface area contributed by atoms with Crippen LogP contribution in [-0.2, 0) is 19.1 Å². The maximum absolute atomic E-state index is 12.2. The molecule has 0 amide bonds. The largest absolute Gasteiger partial charge is 0.462 e. The second kappa shape index (κ2) is 39.1. The van der Waals surface area contributed by atoms with Gasteiger partial charge in [-0.05, 0) is 38.5 Å². The van der Waals surface area contributed by atoms with E-state index in [-0.39, 0.29) is 25.2 Å². The van der Waals surface area contributed by atoms with Crippen molar-refractivity contribution in [3.05, 3.63) is 12.2 Å². The molecule has 5 heteroatoms. The second-order valence-corrected chi connectivity index (χ2v) is 14.1. The Morgan fingerprint density at radius 1 is 0.468 bits per heavy atom. The van der Waals surface area contributed by atoms with E-state index in [1.807, 2.05) is 0 Å². The number of rotatable bonds is 38. The zero-order valence-corrected chi connectivity index (χ0v) is 31.6. The van der Waals surface area contributed by atoms with Gasteiger partial charge in [0.05, 0.1) is 6.61 Å². The number of aliphatic hydroxyl groups is 1. The fourth-order valence-corrected chi connectivity index (χ4v) is 6.14. The van der Waals surface area contributed by atoms with Gasteiger partial charge in [-0.3, -0.25) is 9.59 Å². The number of aliphatic hydroxyl groups excluding tert-OH is 1. The number of carbonyl (C=O) groups excluding carboxylic acids is 2. The number of hydrogen-bond acceptors (Lipinski definition) is 5. The molecular weight excluding hydrogens is 584 g/mol. The number of hydrogen-bond donors (Lipinski definition) is 1. The van der Waals surface area contributed by atoms with Gasteiger partial charge in [0.2, 0.25) is 0 Å². The molecule has 0 bridgehead atoms. The van der Waals surface area contributed by atoms with Crippen molar-refractivity contribution in [2.24, 2.45) is 0 Å². The van der Waals surface area contributed by atoms with Gasteiger partial charge in [0.15, 0.2) is 6.10 Å². The lowest BCUT2D eigenvalue weighted by Crippen LogP contribution is -2.28. The molecule has 0 rings (SSSR count). The van der Waals surface area contributed by atoms with Gasteiger partial charge >= 0.3 is 11.9 Å². The average Bonchev–Trinajstić information content (AvgIpc) is 3.07. The summed E-state index contributed by atoms with van der Waals surface area (Å²) >= 11 is 0. The minimum absolute atomic E-state index is 0.0598. The summed E-state index contributed by atoms with van der Waals surface area (Å²) in [5.41, 5.74) is 0. The van der Waals surface area contributed by atoms with Gasteiger partial charge in [-0.2, -0.15) is 0 Å². The van der Waals surface area contributed by atoms with Gasteiger partial charge in [-0.25, -0.2) is 0 Å². The van der Waals surface area contributed by atoms with E-state index in [9.17, 15) is 14.7 Å². The van der Waals surface area contributed by atoms with E-state index in [0.717, 1.165) is 38.5 Å². The first-order valence-corrected chi connectivity index (χ1v) is 20.7. The minimum Gasteiger partial charge on any atom is -0.462 e. The van der Waals surface area contributed by atoms with E-state index in [1.165, 1.54) is 161 Å². The Hall–Kier alpha value is -1.36. The van der Waals surface area contributed by atoms with Crippen LogP contribution in [0.1, 0.15) is 226 Å². The molecule has 47 heavy (non-hydrogen) atoms. The highest BCUT2D eigenvalue weighted by Gasteiger charge is 2.16. The molecule has 0 aliphatic rings. The van der Waals surface area contributed by atoms with Crippen LogP contribution in [0.15, 0.2) is 12.2 Å². The zero-order chi connectivity index (χ0) is 34.3. The van der Waals surface area contributed by atoms with Crippen molar-refractivity contribution in [2.75, 3.05) is 13.2 Å². The molecule has 0 aromatic heterocycles. The van der Waals surface area contributed by atoms with Crippen LogP contribution in [0.3, 0.4) is 0 Å². The maximum Gasteiger partial charge on any atom is 0.306 e. The van der Waals surface area contributed by atoms with Crippen LogP contribution >= 0.6 is 0 Å². The molecule has 0 aromatic rings. The molecule has 0 spiro atoms. The van der Waals surface area contributed by atoms with E-state index < -0.39 is 6.10 Å². The molecular formula is C42H80O5. The van der Waals surface area contributed by atoms with Crippen LogP contribution in [0.2, 0.25) is 0 Å². The Bertz CT molecular complexity index is 676. The lowest BCUT2D eigenvalue weighted by molar-refractivity contribution is -0.161. The molecule has 1 N–H and O–H groups in total. The standard InChI is InChI=1S/C42H80O5/c1-3-5-7-9-11-13-15-17-18-19-20-21-22-23-24-25-27-29-31-33-35-37-42(45)47-40(38-43)39-46-41(44)36-34-32-30-28-26-16-14-12-10-8-6-4-2/h17-18,40,43H,3-16,19-39H2,1-2H3/b18-17-/t40-/m0/s1. The molecule has 0 saturated heterocycles. The van der Waals surface area contributed by atoms with E-state index >= 15 is 0 Å². The topological polar surface area (TPSA) is 72.8 Å². The number of unbranched alkanes of at least 4 members (excludes halogenated alkanes) is 28. The second-order valence-electron chi connectivity index (χ2n) is 14.1. The molecule has 5 nitrogen and oxygen atoms in total. The van der Waals surface area contributed by atoms with Crippen molar-refractivity contribution in [1.82, 2.24) is 0 Å². The Morgan fingerprint density at radius 2 is 0.787 bits per heavy atom. The molecule has 0 heterocycles. The third-order valence-electron chi connectivity index (χ3n) is 9.31. The quantitative estimate of drug-likeness (QED) is 0.0404. The van der Waals surface area contributed by atoms with Crippen LogP contribution < -0.4 is 0 Å². The molecule has 0 fully saturated rings.